The van der Waals surface area contributed by atoms with E-state index in [0.29, 0.717) is 23.4 Å². The summed E-state index contributed by atoms with van der Waals surface area (Å²) in [7, 11) is -3.21. The first-order valence-corrected chi connectivity index (χ1v) is 21.7. The van der Waals surface area contributed by atoms with Crippen LogP contribution < -0.4 is 15.8 Å². The highest BCUT2D eigenvalue weighted by Gasteiger charge is 2.56. The van der Waals surface area contributed by atoms with Gasteiger partial charge in [0.25, 0.3) is 0 Å². The largest absolute Gasteiger partial charge is 0.472 e. The quantitative estimate of drug-likeness (QED) is 0.0405. The fourth-order valence-electron chi connectivity index (χ4n) is 6.89. The Morgan fingerprint density at radius 3 is 2.18 bits per heavy atom. The van der Waals surface area contributed by atoms with Gasteiger partial charge in [0.1, 0.15) is 42.3 Å². The van der Waals surface area contributed by atoms with E-state index in [-0.39, 0.29) is 18.3 Å². The third-order valence-corrected chi connectivity index (χ3v) is 11.1. The maximum atomic E-state index is 13.0. The SMILES string of the molecule is CCCCCCCCCCCCCCCCCCOC[C@H](COP(=O)(O)OC[C@H]1O[C@@](NC)(c2ccc3c(N)ncnn23)[C@H](O)[C@@H]1O)Oc1ccc(C#N)cn1. The first-order valence-electron chi connectivity index (χ1n) is 20.2. The van der Waals surface area contributed by atoms with Crippen molar-refractivity contribution in [3.8, 4) is 11.9 Å². The lowest BCUT2D eigenvalue weighted by Crippen LogP contribution is -2.51. The molecule has 17 heteroatoms. The highest BCUT2D eigenvalue weighted by Crippen LogP contribution is 2.46. The number of rotatable bonds is 29. The van der Waals surface area contributed by atoms with E-state index in [2.05, 4.69) is 27.3 Å². The van der Waals surface area contributed by atoms with Crippen LogP contribution in [-0.2, 0) is 28.8 Å². The molecule has 3 aromatic heterocycles. The number of unbranched alkanes of at least 4 members (excludes halogenated alkanes) is 15. The van der Waals surface area contributed by atoms with Crippen molar-refractivity contribution in [2.75, 3.05) is 39.2 Å². The minimum Gasteiger partial charge on any atom is -0.469 e. The van der Waals surface area contributed by atoms with Gasteiger partial charge in [-0.15, -0.1) is 0 Å². The summed E-state index contributed by atoms with van der Waals surface area (Å²) in [5.41, 5.74) is 5.42. The number of ether oxygens (including phenoxy) is 3. The van der Waals surface area contributed by atoms with Gasteiger partial charge < -0.3 is 35.1 Å². The number of fused-ring (bicyclic) bond motifs is 1. The van der Waals surface area contributed by atoms with E-state index in [1.807, 2.05) is 6.07 Å². The number of pyridine rings is 1. The number of hydrogen-bond acceptors (Lipinski definition) is 14. The Kier molecular flexibility index (Phi) is 19.4. The van der Waals surface area contributed by atoms with Crippen molar-refractivity contribution in [2.24, 2.45) is 0 Å². The number of likely N-dealkylation sites (N-methyl/N-ethyl adjacent to an activating group) is 1. The molecule has 4 rings (SSSR count). The molecule has 0 amide bonds. The van der Waals surface area contributed by atoms with Gasteiger partial charge in [0.2, 0.25) is 5.88 Å². The number of hydrogen-bond donors (Lipinski definition) is 5. The van der Waals surface area contributed by atoms with Crippen molar-refractivity contribution >= 4 is 19.2 Å². The van der Waals surface area contributed by atoms with Crippen molar-refractivity contribution in [1.82, 2.24) is 24.9 Å². The van der Waals surface area contributed by atoms with Gasteiger partial charge in [0.15, 0.2) is 11.5 Å². The van der Waals surface area contributed by atoms with E-state index in [9.17, 15) is 19.7 Å². The smallest absolute Gasteiger partial charge is 0.469 e. The molecular formula is C39H62N7O9P. The zero-order valence-electron chi connectivity index (χ0n) is 33.0. The van der Waals surface area contributed by atoms with Crippen LogP contribution in [0.4, 0.5) is 5.82 Å². The minimum absolute atomic E-state index is 0.0428. The number of nitrogen functional groups attached to an aromatic ring is 1. The molecule has 1 saturated heterocycles. The summed E-state index contributed by atoms with van der Waals surface area (Å²) < 4.78 is 42.8. The maximum absolute atomic E-state index is 13.0. The zero-order chi connectivity index (χ0) is 40.2. The molecule has 1 aliphatic heterocycles. The summed E-state index contributed by atoms with van der Waals surface area (Å²) in [6.45, 7) is 1.78. The number of anilines is 1. The van der Waals surface area contributed by atoms with Crippen molar-refractivity contribution in [1.29, 1.82) is 5.26 Å². The van der Waals surface area contributed by atoms with Crippen LogP contribution in [0.5, 0.6) is 5.88 Å². The summed E-state index contributed by atoms with van der Waals surface area (Å²) >= 11 is 0. The molecule has 312 valence electrons. The third kappa shape index (κ3) is 13.7. The van der Waals surface area contributed by atoms with Gasteiger partial charge in [0, 0.05) is 18.9 Å². The summed E-state index contributed by atoms with van der Waals surface area (Å²) in [4.78, 5) is 18.7. The fraction of sp³-hybridized carbons (Fsp3) is 0.692. The van der Waals surface area contributed by atoms with Crippen LogP contribution in [0.1, 0.15) is 121 Å². The van der Waals surface area contributed by atoms with Crippen LogP contribution in [0.3, 0.4) is 0 Å². The number of nitriles is 1. The molecule has 1 unspecified atom stereocenters. The van der Waals surface area contributed by atoms with E-state index in [0.717, 1.165) is 19.3 Å². The van der Waals surface area contributed by atoms with Gasteiger partial charge in [0.05, 0.1) is 31.1 Å². The Morgan fingerprint density at radius 2 is 1.59 bits per heavy atom. The number of phosphoric ester groups is 1. The molecule has 6 N–H and O–H groups in total. The van der Waals surface area contributed by atoms with Crippen molar-refractivity contribution in [2.45, 2.75) is 140 Å². The number of nitrogens with one attached hydrogen (secondary N) is 1. The average Bonchev–Trinajstić information content (AvgIpc) is 3.75. The Balaban J connectivity index is 1.18. The summed E-state index contributed by atoms with van der Waals surface area (Å²) in [6, 6.07) is 8.31. The minimum atomic E-state index is -4.73. The third-order valence-electron chi connectivity index (χ3n) is 10.1. The van der Waals surface area contributed by atoms with Gasteiger partial charge >= 0.3 is 7.82 Å². The molecule has 1 aliphatic rings. The number of aliphatic hydroxyl groups is 2. The number of phosphoric acid groups is 1. The molecule has 3 aromatic rings. The molecule has 6 atom stereocenters. The lowest BCUT2D eigenvalue weighted by molar-refractivity contribution is -0.119. The molecule has 16 nitrogen and oxygen atoms in total. The van der Waals surface area contributed by atoms with Crippen LogP contribution in [0, 0.1) is 11.3 Å². The summed E-state index contributed by atoms with van der Waals surface area (Å²) in [5.74, 6) is 0.383. The van der Waals surface area contributed by atoms with Crippen molar-refractivity contribution < 1.29 is 42.9 Å². The molecule has 0 aliphatic carbocycles. The average molecular weight is 804 g/mol. The van der Waals surface area contributed by atoms with E-state index in [1.54, 1.807) is 18.2 Å². The molecule has 4 heterocycles. The highest BCUT2D eigenvalue weighted by molar-refractivity contribution is 7.47. The fourth-order valence-corrected chi connectivity index (χ4v) is 7.65. The number of aromatic nitrogens is 4. The summed E-state index contributed by atoms with van der Waals surface area (Å²) in [6.07, 6.45) is 17.8. The van der Waals surface area contributed by atoms with Crippen LogP contribution in [0.2, 0.25) is 0 Å². The monoisotopic (exact) mass is 803 g/mol. The van der Waals surface area contributed by atoms with Gasteiger partial charge in [-0.05, 0) is 31.7 Å². The number of nitrogens with zero attached hydrogens (tertiary/aromatic N) is 5. The number of nitrogens with two attached hydrogens (primary N) is 1. The molecule has 0 saturated carbocycles. The van der Waals surface area contributed by atoms with E-state index in [1.165, 1.54) is 114 Å². The van der Waals surface area contributed by atoms with Crippen molar-refractivity contribution in [3.05, 3.63) is 48.0 Å². The van der Waals surface area contributed by atoms with Crippen LogP contribution in [0.15, 0.2) is 36.8 Å². The predicted octanol–water partition coefficient (Wildman–Crippen LogP) is 5.93. The second-order valence-corrected chi connectivity index (χ2v) is 15.9. The van der Waals surface area contributed by atoms with Gasteiger partial charge in [-0.25, -0.2) is 19.0 Å². The highest BCUT2D eigenvalue weighted by atomic mass is 31.2. The molecule has 0 spiro atoms. The molecule has 0 bridgehead atoms. The molecular weight excluding hydrogens is 741 g/mol. The molecule has 1 fully saturated rings. The molecule has 56 heavy (non-hydrogen) atoms. The maximum Gasteiger partial charge on any atom is 0.472 e. The lowest BCUT2D eigenvalue weighted by atomic mass is 10.00. The Hall–Kier alpha value is -3.23. The molecule has 0 radical (unpaired) electrons. The van der Waals surface area contributed by atoms with Crippen LogP contribution in [0.25, 0.3) is 5.52 Å². The summed E-state index contributed by atoms with van der Waals surface area (Å²) in [5, 5.41) is 38.2. The number of aliphatic hydroxyl groups excluding tert-OH is 2. The van der Waals surface area contributed by atoms with Gasteiger partial charge in [-0.1, -0.05) is 103 Å². The Bertz CT molecular complexity index is 1660. The first-order chi connectivity index (χ1) is 27.1. The standard InChI is InChI=1S/C39H62N7O9P/c1-3-4-5-6-7-8-9-10-11-12-13-14-15-16-17-18-23-51-26-31(54-35-22-19-30(24-40)25-43-35)27-52-56(49,50)53-28-33-36(47)37(48)39(42-2,55-33)34-21-20-32-38(41)44-29-45-46(32)34/h19-22,25,29,31,33,36-37,42,47-48H,3-18,23,26-28H2,1-2H3,(H,49,50)(H2,41,44,45)/t31-,33-,36-,37-,39+/m1/s1. The first kappa shape index (κ1) is 45.5. The second kappa shape index (κ2) is 23.9. The van der Waals surface area contributed by atoms with Crippen LogP contribution in [-0.4, -0.2) is 92.6 Å². The van der Waals surface area contributed by atoms with Crippen LogP contribution >= 0.6 is 7.82 Å². The van der Waals surface area contributed by atoms with Crippen molar-refractivity contribution in [3.63, 3.8) is 0 Å². The van der Waals surface area contributed by atoms with Gasteiger partial charge in [-0.2, -0.15) is 10.4 Å². The lowest BCUT2D eigenvalue weighted by Gasteiger charge is -2.31. The molecule has 0 aromatic carbocycles. The van der Waals surface area contributed by atoms with E-state index >= 15 is 0 Å². The van der Waals surface area contributed by atoms with E-state index < -0.39 is 51.2 Å². The van der Waals surface area contributed by atoms with Gasteiger partial charge in [-0.3, -0.25) is 14.4 Å². The predicted molar refractivity (Wildman–Crippen MR) is 210 cm³/mol. The zero-order valence-corrected chi connectivity index (χ0v) is 33.9. The Labute approximate surface area is 330 Å². The Morgan fingerprint density at radius 1 is 0.946 bits per heavy atom. The second-order valence-electron chi connectivity index (χ2n) is 14.4. The van der Waals surface area contributed by atoms with E-state index in [4.69, 9.17) is 34.3 Å². The topological polar surface area (TPSA) is 229 Å². The normalized spacial score (nSPS) is 21.2.